The largest absolute Gasteiger partial charge is 0.370 e. The number of amides is 3. The molecule has 0 saturated heterocycles. The van der Waals surface area contributed by atoms with Gasteiger partial charge in [-0.05, 0) is 65.1 Å². The third-order valence-electron chi connectivity index (χ3n) is 8.88. The summed E-state index contributed by atoms with van der Waals surface area (Å²) in [5.41, 5.74) is 19.8. The number of primary amides is 1. The van der Waals surface area contributed by atoms with Gasteiger partial charge in [0, 0.05) is 43.6 Å². The molecule has 270 valence electrons. The molecule has 0 bridgehead atoms. The molecule has 3 atom stereocenters. The Morgan fingerprint density at radius 3 is 1.60 bits per heavy atom. The van der Waals surface area contributed by atoms with Gasteiger partial charge in [-0.1, -0.05) is 72.8 Å². The van der Waals surface area contributed by atoms with Crippen LogP contribution in [0.4, 0.5) is 17.6 Å². The first-order valence-corrected chi connectivity index (χ1v) is 16.7. The molecule has 4 aromatic carbocycles. The molecule has 4 aromatic rings. The van der Waals surface area contributed by atoms with Gasteiger partial charge in [0.2, 0.25) is 17.7 Å². The maximum Gasteiger partial charge on any atom is 0.240 e. The zero-order valence-corrected chi connectivity index (χ0v) is 28.2. The van der Waals surface area contributed by atoms with Gasteiger partial charge < -0.3 is 27.0 Å². The van der Waals surface area contributed by atoms with Crippen LogP contribution in [-0.4, -0.2) is 53.2 Å². The number of benzene rings is 4. The lowest BCUT2D eigenvalue weighted by Crippen LogP contribution is -2.44. The van der Waals surface area contributed by atoms with Gasteiger partial charge in [0.15, 0.2) is 0 Å². The smallest absolute Gasteiger partial charge is 0.240 e. The van der Waals surface area contributed by atoms with Crippen molar-refractivity contribution in [2.24, 2.45) is 17.2 Å². The maximum absolute atomic E-state index is 14.3. The van der Waals surface area contributed by atoms with Crippen molar-refractivity contribution in [2.75, 3.05) is 19.6 Å². The Morgan fingerprint density at radius 2 is 1.13 bits per heavy atom. The van der Waals surface area contributed by atoms with Crippen molar-refractivity contribution in [2.45, 2.75) is 37.4 Å². The number of hydrogen-bond donors (Lipinski definition) is 3. The van der Waals surface area contributed by atoms with Crippen molar-refractivity contribution in [1.29, 1.82) is 0 Å². The highest BCUT2D eigenvalue weighted by Gasteiger charge is 2.34. The average Bonchev–Trinajstić information content (AvgIpc) is 3.80. The van der Waals surface area contributed by atoms with Gasteiger partial charge in [0.05, 0.1) is 18.1 Å². The Bertz CT molecular complexity index is 1970. The maximum atomic E-state index is 14.3. The number of halogens is 4. The monoisotopic (exact) mass is 713 g/mol. The second kappa shape index (κ2) is 17.1. The number of nitrogens with zero attached hydrogens (tertiary/aromatic N) is 2. The zero-order chi connectivity index (χ0) is 37.4. The zero-order valence-electron chi connectivity index (χ0n) is 28.2. The second-order valence-electron chi connectivity index (χ2n) is 12.5. The number of carbonyl (C=O) groups is 3. The van der Waals surface area contributed by atoms with Crippen LogP contribution in [0.5, 0.6) is 0 Å². The van der Waals surface area contributed by atoms with E-state index in [1.807, 2.05) is 66.7 Å². The quantitative estimate of drug-likeness (QED) is 0.179. The molecule has 6 N–H and O–H groups in total. The summed E-state index contributed by atoms with van der Waals surface area (Å²) < 4.78 is 55.5. The van der Waals surface area contributed by atoms with Gasteiger partial charge >= 0.3 is 0 Å². The normalized spacial score (nSPS) is 17.2. The summed E-state index contributed by atoms with van der Waals surface area (Å²) in [7, 11) is 0. The molecule has 6 rings (SSSR count). The van der Waals surface area contributed by atoms with Crippen molar-refractivity contribution in [3.05, 3.63) is 155 Å². The lowest BCUT2D eigenvalue weighted by molar-refractivity contribution is -0.133. The SMILES string of the molecule is NC(=O)CC[C@H](N)C(=O)N1CC(c2cc(F)ccc2F)=CC1c1ccccc1.NCCC(=O)N1CC(c2cc(F)ccc2F)=CC1c1ccccc1. The van der Waals surface area contributed by atoms with Gasteiger partial charge in [-0.25, -0.2) is 17.6 Å². The van der Waals surface area contributed by atoms with Crippen molar-refractivity contribution < 1.29 is 31.9 Å². The number of rotatable bonds is 10. The van der Waals surface area contributed by atoms with Crippen LogP contribution in [0.3, 0.4) is 0 Å². The molecule has 3 amide bonds. The molecule has 0 radical (unpaired) electrons. The summed E-state index contributed by atoms with van der Waals surface area (Å²) in [6, 6.07) is 23.6. The molecule has 2 aliphatic heterocycles. The summed E-state index contributed by atoms with van der Waals surface area (Å²) >= 11 is 0. The van der Waals surface area contributed by atoms with Gasteiger partial charge in [0.1, 0.15) is 23.3 Å². The molecule has 2 unspecified atom stereocenters. The first-order valence-electron chi connectivity index (χ1n) is 16.7. The average molecular weight is 714 g/mol. The third kappa shape index (κ3) is 9.00. The van der Waals surface area contributed by atoms with Gasteiger partial charge in [-0.3, -0.25) is 14.4 Å². The first-order chi connectivity index (χ1) is 25.0. The standard InChI is InChI=1S/C21H21F2N3O2.C19H18F2N2O/c22-15-6-7-17(23)16(11-15)14-10-19(13-4-2-1-3-5-13)26(12-14)21(28)18(24)8-9-20(25)27;20-15-6-7-17(21)16(11-15)14-10-18(13-4-2-1-3-5-13)23(12-14)19(24)8-9-22/h1-7,10-11,18-19H,8-9,12,24H2,(H2,25,27);1-7,10-11,18H,8-9,12,22H2/t18-,19?;/m0./s1. The van der Waals surface area contributed by atoms with E-state index in [-0.39, 0.29) is 67.9 Å². The highest BCUT2D eigenvalue weighted by atomic mass is 19.1. The Labute approximate surface area is 299 Å². The van der Waals surface area contributed by atoms with E-state index >= 15 is 0 Å². The van der Waals surface area contributed by atoms with Crippen molar-refractivity contribution in [3.63, 3.8) is 0 Å². The number of nitrogens with two attached hydrogens (primary N) is 3. The molecular weight excluding hydrogens is 674 g/mol. The van der Waals surface area contributed by atoms with Gasteiger partial charge in [-0.15, -0.1) is 0 Å². The molecule has 12 heteroatoms. The van der Waals surface area contributed by atoms with E-state index in [1.54, 1.807) is 11.0 Å². The third-order valence-corrected chi connectivity index (χ3v) is 8.88. The van der Waals surface area contributed by atoms with Crippen LogP contribution in [0.1, 0.15) is 53.6 Å². The lowest BCUT2D eigenvalue weighted by atomic mass is 10.0. The highest BCUT2D eigenvalue weighted by Crippen LogP contribution is 2.37. The molecule has 0 aliphatic carbocycles. The summed E-state index contributed by atoms with van der Waals surface area (Å²) in [4.78, 5) is 39.5. The van der Waals surface area contributed by atoms with E-state index < -0.39 is 41.3 Å². The fourth-order valence-electron chi connectivity index (χ4n) is 6.28. The molecule has 2 heterocycles. The van der Waals surface area contributed by atoms with Crippen molar-refractivity contribution in [1.82, 2.24) is 9.80 Å². The van der Waals surface area contributed by atoms with Crippen LogP contribution in [0.15, 0.2) is 109 Å². The van der Waals surface area contributed by atoms with E-state index in [1.165, 1.54) is 11.0 Å². The summed E-state index contributed by atoms with van der Waals surface area (Å²) in [6.07, 6.45) is 3.90. The second-order valence-corrected chi connectivity index (χ2v) is 12.5. The van der Waals surface area contributed by atoms with E-state index in [9.17, 15) is 31.9 Å². The molecule has 0 aromatic heterocycles. The molecule has 0 spiro atoms. The Hall–Kier alpha value is -5.59. The minimum atomic E-state index is -0.913. The number of hydrogen-bond acceptors (Lipinski definition) is 5. The summed E-state index contributed by atoms with van der Waals surface area (Å²) in [6.45, 7) is 0.572. The molecular formula is C40H39F4N5O3. The predicted octanol–water partition coefficient (Wildman–Crippen LogP) is 5.81. The molecule has 0 fully saturated rings. The topological polar surface area (TPSA) is 136 Å². The van der Waals surface area contributed by atoms with E-state index in [2.05, 4.69) is 0 Å². The van der Waals surface area contributed by atoms with Crippen LogP contribution < -0.4 is 17.2 Å². The molecule has 0 saturated carbocycles. The Morgan fingerprint density at radius 1 is 0.673 bits per heavy atom. The summed E-state index contributed by atoms with van der Waals surface area (Å²) in [5, 5.41) is 0. The van der Waals surface area contributed by atoms with Crippen molar-refractivity contribution >= 4 is 28.9 Å². The number of carbonyl (C=O) groups excluding carboxylic acids is 3. The Kier molecular flexibility index (Phi) is 12.4. The van der Waals surface area contributed by atoms with Crippen LogP contribution >= 0.6 is 0 Å². The van der Waals surface area contributed by atoms with Crippen LogP contribution in [0, 0.1) is 23.3 Å². The van der Waals surface area contributed by atoms with Gasteiger partial charge in [0.25, 0.3) is 0 Å². The van der Waals surface area contributed by atoms with E-state index in [0.717, 1.165) is 41.5 Å². The minimum absolute atomic E-state index is 0.00440. The van der Waals surface area contributed by atoms with Crippen LogP contribution in [0.25, 0.3) is 11.1 Å². The minimum Gasteiger partial charge on any atom is -0.370 e. The highest BCUT2D eigenvalue weighted by molar-refractivity contribution is 5.87. The summed E-state index contributed by atoms with van der Waals surface area (Å²) in [5.74, 6) is -3.14. The van der Waals surface area contributed by atoms with Crippen LogP contribution in [-0.2, 0) is 14.4 Å². The van der Waals surface area contributed by atoms with Crippen LogP contribution in [0.2, 0.25) is 0 Å². The predicted molar refractivity (Wildman–Crippen MR) is 191 cm³/mol. The fraction of sp³-hybridized carbons (Fsp3) is 0.225. The van der Waals surface area contributed by atoms with E-state index in [0.29, 0.717) is 11.1 Å². The molecule has 52 heavy (non-hydrogen) atoms. The first kappa shape index (κ1) is 37.7. The fourth-order valence-corrected chi connectivity index (χ4v) is 6.28. The lowest BCUT2D eigenvalue weighted by Gasteiger charge is -2.28. The Balaban J connectivity index is 0.000000203. The molecule has 8 nitrogen and oxygen atoms in total. The van der Waals surface area contributed by atoms with E-state index in [4.69, 9.17) is 17.2 Å². The molecule has 2 aliphatic rings. The van der Waals surface area contributed by atoms with Crippen molar-refractivity contribution in [3.8, 4) is 0 Å². The van der Waals surface area contributed by atoms with Gasteiger partial charge in [-0.2, -0.15) is 0 Å².